The van der Waals surface area contributed by atoms with E-state index in [2.05, 4.69) is 52.4 Å². The van der Waals surface area contributed by atoms with Gasteiger partial charge in [0, 0.05) is 6.54 Å². The second kappa shape index (κ2) is 12.2. The molecule has 138 valence electrons. The quantitative estimate of drug-likeness (QED) is 0.490. The van der Waals surface area contributed by atoms with Crippen LogP contribution in [0.1, 0.15) is 37.8 Å². The van der Waals surface area contributed by atoms with Gasteiger partial charge in [0.1, 0.15) is 6.61 Å². The number of benzene rings is 2. The lowest BCUT2D eigenvalue weighted by Gasteiger charge is -2.16. The lowest BCUT2D eigenvalue weighted by molar-refractivity contribution is 0.267. The lowest BCUT2D eigenvalue weighted by atomic mass is 10.2. The first-order chi connectivity index (χ1) is 11.7. The first-order valence-corrected chi connectivity index (χ1v) is 9.36. The van der Waals surface area contributed by atoms with Crippen LogP contribution in [-0.4, -0.2) is 13.2 Å². The highest BCUT2D eigenvalue weighted by atomic mass is 79.9. The zero-order chi connectivity index (χ0) is 17.2. The topological polar surface area (TPSA) is 30.5 Å². The summed E-state index contributed by atoms with van der Waals surface area (Å²) >= 11 is 3.63. The molecule has 0 atom stereocenters. The molecular formula is C20H27BrClNO2. The van der Waals surface area contributed by atoms with E-state index in [1.165, 1.54) is 18.4 Å². The Bertz CT molecular complexity index is 623. The molecule has 0 spiro atoms. The Morgan fingerprint density at radius 3 is 2.44 bits per heavy atom. The molecule has 0 fully saturated rings. The number of nitrogens with one attached hydrogen (secondary N) is 1. The predicted molar refractivity (Wildman–Crippen MR) is 110 cm³/mol. The highest BCUT2D eigenvalue weighted by Crippen LogP contribution is 2.37. The smallest absolute Gasteiger partial charge is 0.175 e. The summed E-state index contributed by atoms with van der Waals surface area (Å²) in [5.74, 6) is 1.55. The van der Waals surface area contributed by atoms with Gasteiger partial charge in [-0.15, -0.1) is 12.4 Å². The largest absolute Gasteiger partial charge is 0.490 e. The van der Waals surface area contributed by atoms with Gasteiger partial charge in [-0.3, -0.25) is 0 Å². The minimum Gasteiger partial charge on any atom is -0.490 e. The third kappa shape index (κ3) is 7.27. The maximum atomic E-state index is 6.01. The Balaban J connectivity index is 0.00000312. The second-order valence-corrected chi connectivity index (χ2v) is 6.50. The molecule has 0 saturated heterocycles. The maximum Gasteiger partial charge on any atom is 0.175 e. The lowest BCUT2D eigenvalue weighted by Crippen LogP contribution is -2.14. The maximum absolute atomic E-state index is 6.01. The van der Waals surface area contributed by atoms with Gasteiger partial charge in [-0.1, -0.05) is 43.7 Å². The Hall–Kier alpha value is -1.23. The third-order valence-corrected chi connectivity index (χ3v) is 4.22. The zero-order valence-corrected chi connectivity index (χ0v) is 17.3. The van der Waals surface area contributed by atoms with Gasteiger partial charge in [-0.2, -0.15) is 0 Å². The first kappa shape index (κ1) is 21.8. The van der Waals surface area contributed by atoms with Crippen LogP contribution in [-0.2, 0) is 13.2 Å². The molecule has 0 aromatic heterocycles. The van der Waals surface area contributed by atoms with Crippen LogP contribution in [0, 0.1) is 0 Å². The molecule has 3 nitrogen and oxygen atoms in total. The average molecular weight is 429 g/mol. The molecule has 25 heavy (non-hydrogen) atoms. The second-order valence-electron chi connectivity index (χ2n) is 5.64. The number of ether oxygens (including phenoxy) is 2. The van der Waals surface area contributed by atoms with E-state index in [4.69, 9.17) is 9.47 Å². The predicted octanol–water partition coefficient (Wildman–Crippen LogP) is 5.74. The van der Waals surface area contributed by atoms with Gasteiger partial charge in [0.15, 0.2) is 11.5 Å². The van der Waals surface area contributed by atoms with Crippen LogP contribution in [0.5, 0.6) is 11.5 Å². The molecule has 5 heteroatoms. The van der Waals surface area contributed by atoms with Gasteiger partial charge in [0.2, 0.25) is 0 Å². The van der Waals surface area contributed by atoms with Crippen molar-refractivity contribution in [3.05, 3.63) is 58.1 Å². The molecule has 0 aliphatic rings. The molecule has 0 aliphatic carbocycles. The van der Waals surface area contributed by atoms with Crippen LogP contribution in [0.15, 0.2) is 46.9 Å². The van der Waals surface area contributed by atoms with E-state index < -0.39 is 0 Å². The summed E-state index contributed by atoms with van der Waals surface area (Å²) in [5.41, 5.74) is 2.32. The van der Waals surface area contributed by atoms with Crippen molar-refractivity contribution in [2.75, 3.05) is 13.2 Å². The van der Waals surface area contributed by atoms with Gasteiger partial charge < -0.3 is 14.8 Å². The highest BCUT2D eigenvalue weighted by Gasteiger charge is 2.12. The molecule has 2 aromatic carbocycles. The summed E-state index contributed by atoms with van der Waals surface area (Å²) in [6, 6.07) is 14.3. The van der Waals surface area contributed by atoms with E-state index in [0.717, 1.165) is 34.6 Å². The number of unbranched alkanes of at least 4 members (excludes halogenated alkanes) is 1. The van der Waals surface area contributed by atoms with Crippen molar-refractivity contribution in [3.63, 3.8) is 0 Å². The van der Waals surface area contributed by atoms with Crippen molar-refractivity contribution in [2.24, 2.45) is 0 Å². The van der Waals surface area contributed by atoms with E-state index in [1.54, 1.807) is 0 Å². The van der Waals surface area contributed by atoms with E-state index >= 15 is 0 Å². The van der Waals surface area contributed by atoms with Crippen molar-refractivity contribution in [1.82, 2.24) is 5.32 Å². The zero-order valence-electron chi connectivity index (χ0n) is 14.9. The van der Waals surface area contributed by atoms with Gasteiger partial charge in [0.25, 0.3) is 0 Å². The van der Waals surface area contributed by atoms with Crippen LogP contribution in [0.4, 0.5) is 0 Å². The monoisotopic (exact) mass is 427 g/mol. The van der Waals surface area contributed by atoms with Crippen LogP contribution in [0.25, 0.3) is 0 Å². The van der Waals surface area contributed by atoms with Crippen molar-refractivity contribution in [1.29, 1.82) is 0 Å². The molecule has 0 aliphatic heterocycles. The highest BCUT2D eigenvalue weighted by molar-refractivity contribution is 9.10. The summed E-state index contributed by atoms with van der Waals surface area (Å²) in [6.07, 6.45) is 2.39. The van der Waals surface area contributed by atoms with Crippen molar-refractivity contribution in [2.45, 2.75) is 39.8 Å². The molecule has 2 rings (SSSR count). The number of hydrogen-bond donors (Lipinski definition) is 1. The molecular weight excluding hydrogens is 402 g/mol. The molecule has 0 bridgehead atoms. The van der Waals surface area contributed by atoms with Crippen LogP contribution in [0.2, 0.25) is 0 Å². The van der Waals surface area contributed by atoms with E-state index in [9.17, 15) is 0 Å². The Kier molecular flexibility index (Phi) is 10.6. The van der Waals surface area contributed by atoms with Gasteiger partial charge >= 0.3 is 0 Å². The Morgan fingerprint density at radius 1 is 1.00 bits per heavy atom. The van der Waals surface area contributed by atoms with Crippen LogP contribution in [0.3, 0.4) is 0 Å². The van der Waals surface area contributed by atoms with E-state index in [1.807, 2.05) is 25.1 Å². The summed E-state index contributed by atoms with van der Waals surface area (Å²) in [7, 11) is 0. The SMILES string of the molecule is CCCCNCc1cc(Br)c(OCc2ccccc2)c(OCC)c1.Cl. The normalized spacial score (nSPS) is 10.2. The van der Waals surface area contributed by atoms with Gasteiger partial charge in [-0.05, 0) is 59.1 Å². The number of hydrogen-bond acceptors (Lipinski definition) is 3. The number of rotatable bonds is 10. The number of halogens is 2. The molecule has 0 radical (unpaired) electrons. The standard InChI is InChI=1S/C20H26BrNO2.ClH/c1-3-5-11-22-14-17-12-18(21)20(19(13-17)23-4-2)24-15-16-9-7-6-8-10-16;/h6-10,12-13,22H,3-5,11,14-15H2,1-2H3;1H. The average Bonchev–Trinajstić information content (AvgIpc) is 2.59. The summed E-state index contributed by atoms with van der Waals surface area (Å²) in [6.45, 7) is 7.18. The van der Waals surface area contributed by atoms with Crippen molar-refractivity contribution in [3.8, 4) is 11.5 Å². The van der Waals surface area contributed by atoms with Crippen LogP contribution < -0.4 is 14.8 Å². The van der Waals surface area contributed by atoms with Gasteiger partial charge in [0.05, 0.1) is 11.1 Å². The van der Waals surface area contributed by atoms with Crippen LogP contribution >= 0.6 is 28.3 Å². The summed E-state index contributed by atoms with van der Waals surface area (Å²) in [5, 5.41) is 3.46. The fourth-order valence-electron chi connectivity index (χ4n) is 2.39. The molecule has 1 N–H and O–H groups in total. The third-order valence-electron chi connectivity index (χ3n) is 3.63. The summed E-state index contributed by atoms with van der Waals surface area (Å²) < 4.78 is 12.7. The van der Waals surface area contributed by atoms with E-state index in [-0.39, 0.29) is 12.4 Å². The molecule has 0 saturated carbocycles. The Labute approximate surface area is 165 Å². The first-order valence-electron chi connectivity index (χ1n) is 8.57. The molecule has 0 unspecified atom stereocenters. The minimum atomic E-state index is 0. The van der Waals surface area contributed by atoms with E-state index in [0.29, 0.717) is 13.2 Å². The fraction of sp³-hybridized carbons (Fsp3) is 0.400. The van der Waals surface area contributed by atoms with Gasteiger partial charge in [-0.25, -0.2) is 0 Å². The molecule has 2 aromatic rings. The summed E-state index contributed by atoms with van der Waals surface area (Å²) in [4.78, 5) is 0. The Morgan fingerprint density at radius 2 is 1.76 bits per heavy atom. The van der Waals surface area contributed by atoms with Crippen molar-refractivity contribution < 1.29 is 9.47 Å². The molecule has 0 amide bonds. The molecule has 0 heterocycles. The van der Waals surface area contributed by atoms with Crippen molar-refractivity contribution >= 4 is 28.3 Å². The minimum absolute atomic E-state index is 0. The fourth-order valence-corrected chi connectivity index (χ4v) is 2.99.